The Bertz CT molecular complexity index is 1110. The second-order valence-electron chi connectivity index (χ2n) is 7.59. The zero-order chi connectivity index (χ0) is 20.4. The average molecular weight is 391 g/mol. The van der Waals surface area contributed by atoms with Crippen molar-refractivity contribution in [3.05, 3.63) is 64.0 Å². The molecule has 6 heteroatoms. The van der Waals surface area contributed by atoms with Gasteiger partial charge in [-0.25, -0.2) is 9.59 Å². The number of hydrogen-bond acceptors (Lipinski definition) is 4. The van der Waals surface area contributed by atoms with Crippen LogP contribution in [0.1, 0.15) is 36.8 Å². The number of carbonyl (C=O) groups is 1. The van der Waals surface area contributed by atoms with Gasteiger partial charge in [0.2, 0.25) is 0 Å². The molecule has 150 valence electrons. The van der Waals surface area contributed by atoms with Gasteiger partial charge in [-0.2, -0.15) is 0 Å². The fourth-order valence-corrected chi connectivity index (χ4v) is 3.84. The van der Waals surface area contributed by atoms with Gasteiger partial charge in [0.1, 0.15) is 5.58 Å². The van der Waals surface area contributed by atoms with E-state index in [1.54, 1.807) is 6.07 Å². The molecule has 6 nitrogen and oxygen atoms in total. The van der Waals surface area contributed by atoms with Crippen LogP contribution in [0, 0.1) is 13.8 Å². The molecule has 1 aliphatic carbocycles. The molecule has 2 aromatic carbocycles. The molecule has 0 aliphatic heterocycles. The normalized spacial score (nSPS) is 14.1. The highest BCUT2D eigenvalue weighted by Crippen LogP contribution is 2.32. The van der Waals surface area contributed by atoms with E-state index in [1.807, 2.05) is 50.2 Å². The molecule has 0 saturated heterocycles. The third-order valence-corrected chi connectivity index (χ3v) is 5.61. The summed E-state index contributed by atoms with van der Waals surface area (Å²) in [5.41, 5.74) is 3.46. The molecule has 1 aromatic heterocycles. The number of nitrogens with one attached hydrogen (secondary N) is 3. The van der Waals surface area contributed by atoms with Crippen molar-refractivity contribution < 1.29 is 9.21 Å². The van der Waals surface area contributed by atoms with E-state index < -0.39 is 11.7 Å². The van der Waals surface area contributed by atoms with E-state index in [9.17, 15) is 9.59 Å². The zero-order valence-corrected chi connectivity index (χ0v) is 16.7. The maximum Gasteiger partial charge on any atom is 0.362 e. The maximum absolute atomic E-state index is 12.7. The Morgan fingerprint density at radius 2 is 1.72 bits per heavy atom. The number of urea groups is 1. The summed E-state index contributed by atoms with van der Waals surface area (Å²) in [6.45, 7) is 3.93. The van der Waals surface area contributed by atoms with Crippen LogP contribution in [0.5, 0.6) is 0 Å². The first-order chi connectivity index (χ1) is 14.0. The number of rotatable bonds is 4. The number of hydrogen-bond donors (Lipinski definition) is 3. The lowest BCUT2D eigenvalue weighted by Crippen LogP contribution is -2.26. The van der Waals surface area contributed by atoms with Crippen molar-refractivity contribution in [3.8, 4) is 0 Å². The van der Waals surface area contributed by atoms with E-state index >= 15 is 0 Å². The standard InChI is InChI=1S/C23H25N3O3/c1-14-8-7-12-18(15(14)2)25-23(28)26-21-20(24-16-9-3-4-10-16)17-11-5-6-13-19(17)29-22(21)27/h5-8,11-13,16,24H,3-4,9-10H2,1-2H3,(H2,25,26,28). The van der Waals surface area contributed by atoms with E-state index in [0.29, 0.717) is 17.0 Å². The molecule has 1 heterocycles. The summed E-state index contributed by atoms with van der Waals surface area (Å²) in [5.74, 6) is 0. The van der Waals surface area contributed by atoms with Crippen molar-refractivity contribution in [3.63, 3.8) is 0 Å². The molecule has 0 bridgehead atoms. The van der Waals surface area contributed by atoms with Gasteiger partial charge < -0.3 is 15.1 Å². The number of anilines is 3. The van der Waals surface area contributed by atoms with Gasteiger partial charge in [-0.15, -0.1) is 0 Å². The van der Waals surface area contributed by atoms with Crippen molar-refractivity contribution in [1.82, 2.24) is 0 Å². The second-order valence-corrected chi connectivity index (χ2v) is 7.59. The van der Waals surface area contributed by atoms with Crippen LogP contribution >= 0.6 is 0 Å². The lowest BCUT2D eigenvalue weighted by Gasteiger charge is -2.19. The Balaban J connectivity index is 1.68. The first kappa shape index (κ1) is 19.1. The number of amides is 2. The van der Waals surface area contributed by atoms with Crippen LogP contribution in [0.3, 0.4) is 0 Å². The molecule has 0 radical (unpaired) electrons. The van der Waals surface area contributed by atoms with Gasteiger partial charge in [0.05, 0.1) is 5.69 Å². The van der Waals surface area contributed by atoms with Crippen molar-refractivity contribution in [2.24, 2.45) is 0 Å². The predicted octanol–water partition coefficient (Wildman–Crippen LogP) is 5.41. The summed E-state index contributed by atoms with van der Waals surface area (Å²) in [6.07, 6.45) is 4.41. The molecule has 1 fully saturated rings. The first-order valence-corrected chi connectivity index (χ1v) is 9.99. The van der Waals surface area contributed by atoms with Crippen LogP contribution < -0.4 is 21.6 Å². The lowest BCUT2D eigenvalue weighted by molar-refractivity contribution is 0.262. The van der Waals surface area contributed by atoms with E-state index in [2.05, 4.69) is 16.0 Å². The van der Waals surface area contributed by atoms with Gasteiger partial charge in [-0.05, 0) is 56.0 Å². The maximum atomic E-state index is 12.7. The number of fused-ring (bicyclic) bond motifs is 1. The number of benzene rings is 2. The van der Waals surface area contributed by atoms with Crippen LogP contribution in [0.2, 0.25) is 0 Å². The Morgan fingerprint density at radius 1 is 0.966 bits per heavy atom. The minimum absolute atomic E-state index is 0.137. The van der Waals surface area contributed by atoms with Crippen LogP contribution in [0.15, 0.2) is 51.7 Å². The fraction of sp³-hybridized carbons (Fsp3) is 0.304. The molecule has 1 saturated carbocycles. The van der Waals surface area contributed by atoms with Gasteiger partial charge in [0.15, 0.2) is 5.69 Å². The molecule has 3 N–H and O–H groups in total. The lowest BCUT2D eigenvalue weighted by atomic mass is 10.1. The van der Waals surface area contributed by atoms with Gasteiger partial charge >= 0.3 is 11.7 Å². The topological polar surface area (TPSA) is 83.4 Å². The molecule has 0 atom stereocenters. The zero-order valence-electron chi connectivity index (χ0n) is 16.7. The van der Waals surface area contributed by atoms with Crippen LogP contribution in [0.4, 0.5) is 21.9 Å². The molecule has 3 aromatic rings. The monoisotopic (exact) mass is 391 g/mol. The van der Waals surface area contributed by atoms with Crippen LogP contribution in [-0.2, 0) is 0 Å². The number of para-hydroxylation sites is 1. The van der Waals surface area contributed by atoms with E-state index in [0.717, 1.165) is 42.2 Å². The highest BCUT2D eigenvalue weighted by molar-refractivity contribution is 6.06. The largest absolute Gasteiger partial charge is 0.421 e. The molecule has 29 heavy (non-hydrogen) atoms. The van der Waals surface area contributed by atoms with E-state index in [4.69, 9.17) is 4.42 Å². The molecule has 0 spiro atoms. The fourth-order valence-electron chi connectivity index (χ4n) is 3.84. The van der Waals surface area contributed by atoms with Gasteiger partial charge in [-0.3, -0.25) is 5.32 Å². The van der Waals surface area contributed by atoms with Crippen LogP contribution in [0.25, 0.3) is 11.0 Å². The smallest absolute Gasteiger partial charge is 0.362 e. The van der Waals surface area contributed by atoms with E-state index in [1.165, 1.54) is 0 Å². The van der Waals surface area contributed by atoms with Gasteiger partial charge in [0, 0.05) is 17.1 Å². The summed E-state index contributed by atoms with van der Waals surface area (Å²) >= 11 is 0. The van der Waals surface area contributed by atoms with Crippen molar-refractivity contribution in [2.75, 3.05) is 16.0 Å². The summed E-state index contributed by atoms with van der Waals surface area (Å²) in [5, 5.41) is 9.82. The molecule has 0 unspecified atom stereocenters. The minimum atomic E-state index is -0.569. The second kappa shape index (κ2) is 7.99. The Kier molecular flexibility index (Phi) is 5.25. The third kappa shape index (κ3) is 3.97. The highest BCUT2D eigenvalue weighted by atomic mass is 16.4. The van der Waals surface area contributed by atoms with Crippen molar-refractivity contribution >= 4 is 34.1 Å². The molecular formula is C23H25N3O3. The summed E-state index contributed by atoms with van der Waals surface area (Å²) in [7, 11) is 0. The quantitative estimate of drug-likeness (QED) is 0.519. The SMILES string of the molecule is Cc1cccc(NC(=O)Nc2c(NC3CCCC3)c3ccccc3oc2=O)c1C. The highest BCUT2D eigenvalue weighted by Gasteiger charge is 2.22. The Labute approximate surface area is 169 Å². The molecular weight excluding hydrogens is 366 g/mol. The number of carbonyl (C=O) groups excluding carboxylic acids is 1. The van der Waals surface area contributed by atoms with Crippen LogP contribution in [-0.4, -0.2) is 12.1 Å². The molecule has 1 aliphatic rings. The Morgan fingerprint density at radius 3 is 2.52 bits per heavy atom. The summed E-state index contributed by atoms with van der Waals surface area (Å²) in [6, 6.07) is 12.9. The van der Waals surface area contributed by atoms with Gasteiger partial charge in [-0.1, -0.05) is 37.1 Å². The number of aryl methyl sites for hydroxylation is 1. The molecule has 4 rings (SSSR count). The minimum Gasteiger partial charge on any atom is -0.421 e. The Hall–Kier alpha value is -3.28. The van der Waals surface area contributed by atoms with E-state index in [-0.39, 0.29) is 11.7 Å². The van der Waals surface area contributed by atoms with Gasteiger partial charge in [0.25, 0.3) is 0 Å². The summed E-state index contributed by atoms with van der Waals surface area (Å²) in [4.78, 5) is 25.4. The van der Waals surface area contributed by atoms with Crippen molar-refractivity contribution in [2.45, 2.75) is 45.6 Å². The summed E-state index contributed by atoms with van der Waals surface area (Å²) < 4.78 is 5.45. The predicted molar refractivity (Wildman–Crippen MR) is 117 cm³/mol. The average Bonchev–Trinajstić information content (AvgIpc) is 3.21. The first-order valence-electron chi connectivity index (χ1n) is 9.99. The third-order valence-electron chi connectivity index (χ3n) is 5.61. The van der Waals surface area contributed by atoms with Crippen molar-refractivity contribution in [1.29, 1.82) is 0 Å². The molecule has 2 amide bonds.